The van der Waals surface area contributed by atoms with Gasteiger partial charge in [0.15, 0.2) is 0 Å². The van der Waals surface area contributed by atoms with Gasteiger partial charge in [-0.3, -0.25) is 4.90 Å². The second kappa shape index (κ2) is 7.64. The molecule has 0 saturated heterocycles. The van der Waals surface area contributed by atoms with Crippen LogP contribution < -0.4 is 10.2 Å². The molecular weight excluding hydrogens is 328 g/mol. The summed E-state index contributed by atoms with van der Waals surface area (Å²) in [6, 6.07) is 17.3. The second-order valence-electron chi connectivity index (χ2n) is 4.42. The van der Waals surface area contributed by atoms with E-state index in [4.69, 9.17) is 0 Å². The van der Waals surface area contributed by atoms with E-state index in [1.54, 1.807) is 11.1 Å². The summed E-state index contributed by atoms with van der Waals surface area (Å²) in [5, 5.41) is 2.79. The van der Waals surface area contributed by atoms with Crippen molar-refractivity contribution in [2.45, 2.75) is 6.92 Å². The van der Waals surface area contributed by atoms with Gasteiger partial charge in [-0.15, -0.1) is 0 Å². The number of rotatable bonds is 4. The van der Waals surface area contributed by atoms with Crippen LogP contribution in [-0.4, -0.2) is 12.6 Å². The maximum absolute atomic E-state index is 12.2. The van der Waals surface area contributed by atoms with E-state index in [-0.39, 0.29) is 6.03 Å². The van der Waals surface area contributed by atoms with Crippen LogP contribution in [0.2, 0.25) is 0 Å². The summed E-state index contributed by atoms with van der Waals surface area (Å²) in [5.41, 5.74) is 1.90. The Balaban J connectivity index is 2.00. The number of para-hydroxylation sites is 1. The van der Waals surface area contributed by atoms with E-state index in [0.29, 0.717) is 6.54 Å². The Bertz CT molecular complexity index is 626. The standard InChI is InChI=1S/C17H17BrN2O/c1-2-20(16-9-4-3-5-10-16)17(21)19-12-11-14-7-6-8-15(18)13-14/h3-13H,2H2,1H3,(H,19,21)/b12-11+. The lowest BCUT2D eigenvalue weighted by atomic mass is 10.2. The molecule has 0 aliphatic heterocycles. The largest absolute Gasteiger partial charge is 0.325 e. The molecule has 0 bridgehead atoms. The Hall–Kier alpha value is -2.07. The molecule has 1 N–H and O–H groups in total. The van der Waals surface area contributed by atoms with E-state index >= 15 is 0 Å². The highest BCUT2D eigenvalue weighted by Gasteiger charge is 2.11. The summed E-state index contributed by atoms with van der Waals surface area (Å²) in [5.74, 6) is 0. The van der Waals surface area contributed by atoms with E-state index in [2.05, 4.69) is 21.2 Å². The number of hydrogen-bond donors (Lipinski definition) is 1. The summed E-state index contributed by atoms with van der Waals surface area (Å²) in [6.45, 7) is 2.56. The molecule has 4 heteroatoms. The fraction of sp³-hybridized carbons (Fsp3) is 0.118. The van der Waals surface area contributed by atoms with Crippen LogP contribution >= 0.6 is 15.9 Å². The maximum Gasteiger partial charge on any atom is 0.325 e. The van der Waals surface area contributed by atoms with Crippen molar-refractivity contribution in [3.8, 4) is 0 Å². The molecular formula is C17H17BrN2O. The van der Waals surface area contributed by atoms with Crippen LogP contribution in [0.5, 0.6) is 0 Å². The lowest BCUT2D eigenvalue weighted by molar-refractivity contribution is 0.249. The number of urea groups is 1. The fourth-order valence-electron chi connectivity index (χ4n) is 1.95. The first-order valence-electron chi connectivity index (χ1n) is 6.76. The van der Waals surface area contributed by atoms with Gasteiger partial charge in [-0.1, -0.05) is 46.3 Å². The Morgan fingerprint density at radius 2 is 1.95 bits per heavy atom. The van der Waals surface area contributed by atoms with Gasteiger partial charge in [0.25, 0.3) is 0 Å². The Morgan fingerprint density at radius 1 is 1.19 bits per heavy atom. The molecule has 21 heavy (non-hydrogen) atoms. The zero-order valence-electron chi connectivity index (χ0n) is 11.8. The second-order valence-corrected chi connectivity index (χ2v) is 5.33. The zero-order chi connectivity index (χ0) is 15.1. The van der Waals surface area contributed by atoms with Gasteiger partial charge in [0.05, 0.1) is 0 Å². The first kappa shape index (κ1) is 15.3. The monoisotopic (exact) mass is 344 g/mol. The van der Waals surface area contributed by atoms with Crippen LogP contribution in [0.4, 0.5) is 10.5 Å². The minimum absolute atomic E-state index is 0.144. The molecule has 0 heterocycles. The quantitative estimate of drug-likeness (QED) is 0.859. The number of amides is 2. The molecule has 2 aromatic rings. The molecule has 108 valence electrons. The summed E-state index contributed by atoms with van der Waals surface area (Å²) < 4.78 is 1.01. The SMILES string of the molecule is CCN(C(=O)N/C=C/c1cccc(Br)c1)c1ccccc1. The number of nitrogens with zero attached hydrogens (tertiary/aromatic N) is 1. The van der Waals surface area contributed by atoms with E-state index < -0.39 is 0 Å². The fourth-order valence-corrected chi connectivity index (χ4v) is 2.37. The molecule has 0 spiro atoms. The molecule has 0 aromatic heterocycles. The van der Waals surface area contributed by atoms with E-state index in [1.165, 1.54) is 0 Å². The highest BCUT2D eigenvalue weighted by atomic mass is 79.9. The topological polar surface area (TPSA) is 32.3 Å². The first-order valence-corrected chi connectivity index (χ1v) is 7.55. The van der Waals surface area contributed by atoms with Gasteiger partial charge in [0, 0.05) is 22.9 Å². The van der Waals surface area contributed by atoms with Gasteiger partial charge >= 0.3 is 6.03 Å². The number of carbonyl (C=O) groups excluding carboxylic acids is 1. The molecule has 0 unspecified atom stereocenters. The van der Waals surface area contributed by atoms with Crippen LogP contribution in [0, 0.1) is 0 Å². The van der Waals surface area contributed by atoms with Crippen LogP contribution in [0.25, 0.3) is 6.08 Å². The Morgan fingerprint density at radius 3 is 2.62 bits per heavy atom. The van der Waals surface area contributed by atoms with Crippen LogP contribution in [-0.2, 0) is 0 Å². The Labute approximate surface area is 133 Å². The smallest absolute Gasteiger partial charge is 0.314 e. The third kappa shape index (κ3) is 4.46. The first-order chi connectivity index (χ1) is 10.2. The summed E-state index contributed by atoms with van der Waals surface area (Å²) in [4.78, 5) is 13.9. The molecule has 0 saturated carbocycles. The summed E-state index contributed by atoms with van der Waals surface area (Å²) in [7, 11) is 0. The van der Waals surface area contributed by atoms with Crippen molar-refractivity contribution >= 4 is 33.7 Å². The van der Waals surface area contributed by atoms with Crippen LogP contribution in [0.1, 0.15) is 12.5 Å². The lowest BCUT2D eigenvalue weighted by Crippen LogP contribution is -2.37. The lowest BCUT2D eigenvalue weighted by Gasteiger charge is -2.20. The molecule has 0 aliphatic carbocycles. The number of hydrogen-bond acceptors (Lipinski definition) is 1. The Kier molecular flexibility index (Phi) is 5.58. The average Bonchev–Trinajstić information content (AvgIpc) is 2.49. The van der Waals surface area contributed by atoms with Gasteiger partial charge in [0.1, 0.15) is 0 Å². The van der Waals surface area contributed by atoms with Gasteiger partial charge in [-0.25, -0.2) is 4.79 Å². The van der Waals surface area contributed by atoms with Gasteiger partial charge < -0.3 is 5.32 Å². The highest BCUT2D eigenvalue weighted by molar-refractivity contribution is 9.10. The maximum atomic E-state index is 12.2. The molecule has 2 amide bonds. The number of halogens is 1. The number of carbonyl (C=O) groups is 1. The molecule has 2 rings (SSSR count). The minimum atomic E-state index is -0.144. The number of nitrogens with one attached hydrogen (secondary N) is 1. The predicted molar refractivity (Wildman–Crippen MR) is 91.2 cm³/mol. The van der Waals surface area contributed by atoms with Crippen molar-refractivity contribution in [2.24, 2.45) is 0 Å². The van der Waals surface area contributed by atoms with Crippen LogP contribution in [0.15, 0.2) is 65.3 Å². The molecule has 3 nitrogen and oxygen atoms in total. The third-order valence-electron chi connectivity index (χ3n) is 2.96. The van der Waals surface area contributed by atoms with Crippen molar-refractivity contribution in [3.63, 3.8) is 0 Å². The normalized spacial score (nSPS) is 10.6. The predicted octanol–water partition coefficient (Wildman–Crippen LogP) is 4.66. The minimum Gasteiger partial charge on any atom is -0.314 e. The highest BCUT2D eigenvalue weighted by Crippen LogP contribution is 2.14. The van der Waals surface area contributed by atoms with E-state index in [1.807, 2.05) is 67.6 Å². The van der Waals surface area contributed by atoms with Gasteiger partial charge in [-0.2, -0.15) is 0 Å². The molecule has 0 radical (unpaired) electrons. The molecule has 0 fully saturated rings. The van der Waals surface area contributed by atoms with Crippen LogP contribution in [0.3, 0.4) is 0 Å². The molecule has 0 aliphatic rings. The molecule has 0 atom stereocenters. The average molecular weight is 345 g/mol. The van der Waals surface area contributed by atoms with E-state index in [9.17, 15) is 4.79 Å². The number of benzene rings is 2. The summed E-state index contributed by atoms with van der Waals surface area (Å²) >= 11 is 3.42. The third-order valence-corrected chi connectivity index (χ3v) is 3.45. The van der Waals surface area contributed by atoms with Crippen molar-refractivity contribution in [3.05, 3.63) is 70.8 Å². The van der Waals surface area contributed by atoms with E-state index in [0.717, 1.165) is 15.7 Å². The zero-order valence-corrected chi connectivity index (χ0v) is 13.4. The van der Waals surface area contributed by atoms with Crippen molar-refractivity contribution in [1.29, 1.82) is 0 Å². The van der Waals surface area contributed by atoms with Gasteiger partial charge in [-0.05, 0) is 42.8 Å². The molecule has 2 aromatic carbocycles. The van der Waals surface area contributed by atoms with Crippen molar-refractivity contribution in [2.75, 3.05) is 11.4 Å². The van der Waals surface area contributed by atoms with Gasteiger partial charge in [0.2, 0.25) is 0 Å². The van der Waals surface area contributed by atoms with Crippen molar-refractivity contribution < 1.29 is 4.79 Å². The summed E-state index contributed by atoms with van der Waals surface area (Å²) in [6.07, 6.45) is 3.52. The van der Waals surface area contributed by atoms with Crippen molar-refractivity contribution in [1.82, 2.24) is 5.32 Å². The number of anilines is 1.